The van der Waals surface area contributed by atoms with Crippen LogP contribution in [0.2, 0.25) is 10.0 Å². The fraction of sp³-hybridized carbons (Fsp3) is 0.0800. The summed E-state index contributed by atoms with van der Waals surface area (Å²) in [7, 11) is 0. The first-order valence-electron chi connectivity index (χ1n) is 9.96. The average Bonchev–Trinajstić information content (AvgIpc) is 3.05. The van der Waals surface area contributed by atoms with Crippen LogP contribution in [0.25, 0.3) is 5.76 Å². The van der Waals surface area contributed by atoms with Crippen molar-refractivity contribution in [2.75, 3.05) is 10.2 Å². The molecule has 0 saturated carbocycles. The molecule has 33 heavy (non-hydrogen) atoms. The maximum Gasteiger partial charge on any atom is 0.300 e. The van der Waals surface area contributed by atoms with Crippen LogP contribution in [0.5, 0.6) is 0 Å². The zero-order valence-corrected chi connectivity index (χ0v) is 18.9. The van der Waals surface area contributed by atoms with Crippen molar-refractivity contribution in [1.82, 2.24) is 0 Å². The fourth-order valence-electron chi connectivity index (χ4n) is 3.73. The van der Waals surface area contributed by atoms with E-state index >= 15 is 0 Å². The number of hydrogen-bond acceptors (Lipinski definition) is 4. The second-order valence-electron chi connectivity index (χ2n) is 7.46. The summed E-state index contributed by atoms with van der Waals surface area (Å²) in [6.45, 7) is 1.39. The molecule has 0 bridgehead atoms. The number of carbonyl (C=O) groups excluding carboxylic acids is 3. The van der Waals surface area contributed by atoms with Crippen LogP contribution in [0.3, 0.4) is 0 Å². The van der Waals surface area contributed by atoms with E-state index in [-0.39, 0.29) is 17.2 Å². The van der Waals surface area contributed by atoms with Crippen molar-refractivity contribution in [3.63, 3.8) is 0 Å². The first kappa shape index (κ1) is 22.6. The van der Waals surface area contributed by atoms with Crippen LogP contribution in [0.4, 0.5) is 11.4 Å². The molecular weight excluding hydrogens is 463 g/mol. The van der Waals surface area contributed by atoms with Crippen LogP contribution in [0, 0.1) is 0 Å². The lowest BCUT2D eigenvalue weighted by Gasteiger charge is -2.25. The summed E-state index contributed by atoms with van der Waals surface area (Å²) in [5.74, 6) is -2.12. The van der Waals surface area contributed by atoms with Gasteiger partial charge >= 0.3 is 0 Å². The summed E-state index contributed by atoms with van der Waals surface area (Å²) < 4.78 is 0. The predicted molar refractivity (Wildman–Crippen MR) is 128 cm³/mol. The number of Topliss-reactive ketones (excluding diaryl/α,β-unsaturated/α-hetero) is 1. The number of rotatable bonds is 4. The van der Waals surface area contributed by atoms with Crippen LogP contribution in [0.15, 0.2) is 78.4 Å². The van der Waals surface area contributed by atoms with E-state index in [0.29, 0.717) is 32.5 Å². The first-order valence-corrected chi connectivity index (χ1v) is 10.7. The van der Waals surface area contributed by atoms with Crippen LogP contribution < -0.4 is 10.2 Å². The van der Waals surface area contributed by atoms with Crippen molar-refractivity contribution >= 4 is 57.9 Å². The minimum atomic E-state index is -0.885. The number of benzene rings is 3. The Bertz CT molecular complexity index is 1270. The van der Waals surface area contributed by atoms with E-state index in [1.165, 1.54) is 11.8 Å². The summed E-state index contributed by atoms with van der Waals surface area (Å²) in [5.41, 5.74) is 1.89. The second kappa shape index (κ2) is 9.10. The quantitative estimate of drug-likeness (QED) is 0.290. The molecule has 1 aliphatic heterocycles. The number of hydrogen-bond donors (Lipinski definition) is 2. The highest BCUT2D eigenvalue weighted by Crippen LogP contribution is 2.42. The first-order chi connectivity index (χ1) is 15.8. The SMILES string of the molecule is CC(=O)Nc1ccc(N2C(=O)C(=O)/C(=C(/O)c3ccc(Cl)cc3)[C@@H]2c2ccc(Cl)cc2)cc1. The zero-order chi connectivity index (χ0) is 23.7. The van der Waals surface area contributed by atoms with E-state index in [2.05, 4.69) is 5.32 Å². The van der Waals surface area contributed by atoms with Gasteiger partial charge in [-0.05, 0) is 66.2 Å². The molecule has 0 aromatic heterocycles. The van der Waals surface area contributed by atoms with Gasteiger partial charge in [-0.1, -0.05) is 35.3 Å². The largest absolute Gasteiger partial charge is 0.507 e. The van der Waals surface area contributed by atoms with Crippen molar-refractivity contribution in [2.24, 2.45) is 0 Å². The summed E-state index contributed by atoms with van der Waals surface area (Å²) in [6, 6.07) is 18.7. The van der Waals surface area contributed by atoms with E-state index in [1.807, 2.05) is 0 Å². The van der Waals surface area contributed by atoms with E-state index in [0.717, 1.165) is 0 Å². The average molecular weight is 481 g/mol. The Morgan fingerprint density at radius 1 is 0.879 bits per heavy atom. The van der Waals surface area contributed by atoms with Gasteiger partial charge in [-0.15, -0.1) is 0 Å². The third kappa shape index (κ3) is 4.49. The molecule has 4 rings (SSSR count). The summed E-state index contributed by atoms with van der Waals surface area (Å²) >= 11 is 12.0. The molecule has 1 atom stereocenters. The van der Waals surface area contributed by atoms with Gasteiger partial charge in [0.1, 0.15) is 5.76 Å². The highest BCUT2D eigenvalue weighted by Gasteiger charge is 2.46. The molecular formula is C25H18Cl2N2O4. The molecule has 1 aliphatic rings. The van der Waals surface area contributed by atoms with E-state index < -0.39 is 17.7 Å². The van der Waals surface area contributed by atoms with Crippen LogP contribution >= 0.6 is 23.2 Å². The van der Waals surface area contributed by atoms with Gasteiger partial charge in [0, 0.05) is 33.9 Å². The van der Waals surface area contributed by atoms with Gasteiger partial charge in [0.2, 0.25) is 5.91 Å². The van der Waals surface area contributed by atoms with Gasteiger partial charge in [-0.3, -0.25) is 19.3 Å². The third-order valence-corrected chi connectivity index (χ3v) is 5.72. The molecule has 0 aliphatic carbocycles. The molecule has 0 unspecified atom stereocenters. The number of nitrogens with zero attached hydrogens (tertiary/aromatic N) is 1. The molecule has 3 aromatic carbocycles. The normalized spacial score (nSPS) is 17.3. The molecule has 6 nitrogen and oxygen atoms in total. The van der Waals surface area contributed by atoms with Crippen LogP contribution in [-0.2, 0) is 14.4 Å². The molecule has 2 N–H and O–H groups in total. The van der Waals surface area contributed by atoms with Gasteiger partial charge in [0.05, 0.1) is 11.6 Å². The van der Waals surface area contributed by atoms with Crippen molar-refractivity contribution in [3.05, 3.63) is 99.5 Å². The number of anilines is 2. The lowest BCUT2D eigenvalue weighted by molar-refractivity contribution is -0.132. The molecule has 0 radical (unpaired) electrons. The molecule has 8 heteroatoms. The van der Waals surface area contributed by atoms with Crippen LogP contribution in [-0.4, -0.2) is 22.7 Å². The van der Waals surface area contributed by atoms with E-state index in [9.17, 15) is 19.5 Å². The topological polar surface area (TPSA) is 86.7 Å². The van der Waals surface area contributed by atoms with Gasteiger partial charge < -0.3 is 10.4 Å². The Morgan fingerprint density at radius 3 is 1.97 bits per heavy atom. The predicted octanol–water partition coefficient (Wildman–Crippen LogP) is 5.58. The molecule has 1 saturated heterocycles. The Morgan fingerprint density at radius 2 is 1.42 bits per heavy atom. The maximum absolute atomic E-state index is 13.1. The molecule has 1 heterocycles. The number of amides is 2. The zero-order valence-electron chi connectivity index (χ0n) is 17.4. The highest BCUT2D eigenvalue weighted by atomic mass is 35.5. The van der Waals surface area contributed by atoms with E-state index in [4.69, 9.17) is 23.2 Å². The Balaban J connectivity index is 1.87. The molecule has 3 aromatic rings. The number of halogens is 2. The summed E-state index contributed by atoms with van der Waals surface area (Å²) in [6.07, 6.45) is 0. The monoisotopic (exact) mass is 480 g/mol. The minimum absolute atomic E-state index is 0.0458. The Kier molecular flexibility index (Phi) is 6.22. The lowest BCUT2D eigenvalue weighted by Crippen LogP contribution is -2.29. The number of aliphatic hydroxyl groups excluding tert-OH is 1. The molecule has 166 valence electrons. The van der Waals surface area contributed by atoms with Gasteiger partial charge in [0.25, 0.3) is 11.7 Å². The number of aliphatic hydroxyl groups is 1. The second-order valence-corrected chi connectivity index (χ2v) is 8.33. The number of ketones is 1. The standard InChI is InChI=1S/C25H18Cl2N2O4/c1-14(30)28-19-10-12-20(13-11-19)29-22(15-2-6-17(26)7-3-15)21(24(32)25(29)33)23(31)16-4-8-18(27)9-5-16/h2-13,22,31H,1H3,(H,28,30)/b23-21+/t22-/m0/s1. The third-order valence-electron chi connectivity index (χ3n) is 5.21. The van der Waals surface area contributed by atoms with E-state index in [1.54, 1.807) is 72.8 Å². The summed E-state index contributed by atoms with van der Waals surface area (Å²) in [5, 5.41) is 14.7. The van der Waals surface area contributed by atoms with Crippen LogP contribution in [0.1, 0.15) is 24.1 Å². The number of carbonyl (C=O) groups is 3. The molecule has 0 spiro atoms. The smallest absolute Gasteiger partial charge is 0.300 e. The van der Waals surface area contributed by atoms with Crippen molar-refractivity contribution < 1.29 is 19.5 Å². The van der Waals surface area contributed by atoms with Crippen molar-refractivity contribution in [3.8, 4) is 0 Å². The number of nitrogens with one attached hydrogen (secondary N) is 1. The van der Waals surface area contributed by atoms with Crippen molar-refractivity contribution in [2.45, 2.75) is 13.0 Å². The minimum Gasteiger partial charge on any atom is -0.507 e. The van der Waals surface area contributed by atoms with Gasteiger partial charge in [0.15, 0.2) is 0 Å². The van der Waals surface area contributed by atoms with Crippen molar-refractivity contribution in [1.29, 1.82) is 0 Å². The lowest BCUT2D eigenvalue weighted by atomic mass is 9.95. The highest BCUT2D eigenvalue weighted by molar-refractivity contribution is 6.51. The fourth-order valence-corrected chi connectivity index (χ4v) is 3.98. The maximum atomic E-state index is 13.1. The Hall–Kier alpha value is -3.61. The van der Waals surface area contributed by atoms with Gasteiger partial charge in [-0.25, -0.2) is 0 Å². The summed E-state index contributed by atoms with van der Waals surface area (Å²) in [4.78, 5) is 38.9. The molecule has 1 fully saturated rings. The molecule has 2 amide bonds. The van der Waals surface area contributed by atoms with Gasteiger partial charge in [-0.2, -0.15) is 0 Å². The Labute approximate surface area is 200 Å².